The van der Waals surface area contributed by atoms with Crippen LogP contribution in [-0.4, -0.2) is 33.4 Å². The van der Waals surface area contributed by atoms with Gasteiger partial charge in [0.25, 0.3) is 0 Å². The fourth-order valence-corrected chi connectivity index (χ4v) is 2.44. The molecule has 20 heavy (non-hydrogen) atoms. The molecule has 3 rings (SSSR count). The van der Waals surface area contributed by atoms with Crippen LogP contribution in [0.4, 0.5) is 0 Å². The standard InChI is InChI=1S/C13H9N3O3S/c1-19-11-9(13(17)18)4-7-2-3-8(5-10(7)15-11)12-16-14-6-20-12/h2-6H,1H3,(H,17,18). The van der Waals surface area contributed by atoms with Crippen LogP contribution in [0.25, 0.3) is 21.5 Å². The molecule has 0 saturated carbocycles. The molecule has 0 bridgehead atoms. The Morgan fingerprint density at radius 1 is 1.35 bits per heavy atom. The van der Waals surface area contributed by atoms with Gasteiger partial charge in [-0.25, -0.2) is 9.78 Å². The predicted molar refractivity (Wildman–Crippen MR) is 74.2 cm³/mol. The molecule has 0 spiro atoms. The lowest BCUT2D eigenvalue weighted by atomic mass is 10.1. The highest BCUT2D eigenvalue weighted by Gasteiger charge is 2.14. The van der Waals surface area contributed by atoms with E-state index in [0.717, 1.165) is 16.0 Å². The molecule has 2 heterocycles. The van der Waals surface area contributed by atoms with E-state index in [4.69, 9.17) is 9.84 Å². The summed E-state index contributed by atoms with van der Waals surface area (Å²) in [6, 6.07) is 7.06. The van der Waals surface area contributed by atoms with Crippen LogP contribution >= 0.6 is 11.3 Å². The lowest BCUT2D eigenvalue weighted by Crippen LogP contribution is -2.02. The zero-order chi connectivity index (χ0) is 14.1. The highest BCUT2D eigenvalue weighted by atomic mass is 32.1. The van der Waals surface area contributed by atoms with Gasteiger partial charge in [-0.05, 0) is 12.1 Å². The summed E-state index contributed by atoms with van der Waals surface area (Å²) in [5.41, 5.74) is 3.24. The van der Waals surface area contributed by atoms with Gasteiger partial charge in [-0.15, -0.1) is 10.2 Å². The minimum Gasteiger partial charge on any atom is -0.480 e. The van der Waals surface area contributed by atoms with Crippen molar-refractivity contribution in [1.29, 1.82) is 0 Å². The van der Waals surface area contributed by atoms with Crippen LogP contribution in [0.2, 0.25) is 0 Å². The molecular weight excluding hydrogens is 278 g/mol. The summed E-state index contributed by atoms with van der Waals surface area (Å²) >= 11 is 1.43. The second-order valence-corrected chi connectivity index (χ2v) is 4.83. The third kappa shape index (κ3) is 2.08. The summed E-state index contributed by atoms with van der Waals surface area (Å²) in [6.07, 6.45) is 0. The van der Waals surface area contributed by atoms with E-state index < -0.39 is 5.97 Å². The Bertz CT molecular complexity index is 787. The molecule has 100 valence electrons. The fourth-order valence-electron chi connectivity index (χ4n) is 1.89. The van der Waals surface area contributed by atoms with Crippen molar-refractivity contribution in [2.75, 3.05) is 7.11 Å². The molecular formula is C13H9N3O3S. The lowest BCUT2D eigenvalue weighted by Gasteiger charge is -2.06. The van der Waals surface area contributed by atoms with Gasteiger partial charge in [0.15, 0.2) is 0 Å². The van der Waals surface area contributed by atoms with Crippen molar-refractivity contribution < 1.29 is 14.6 Å². The Morgan fingerprint density at radius 2 is 2.20 bits per heavy atom. The van der Waals surface area contributed by atoms with E-state index in [9.17, 15) is 4.79 Å². The van der Waals surface area contributed by atoms with Gasteiger partial charge in [0.2, 0.25) is 5.88 Å². The number of fused-ring (bicyclic) bond motifs is 1. The number of carboxylic acids is 1. The Kier molecular flexibility index (Phi) is 3.03. The third-order valence-electron chi connectivity index (χ3n) is 2.81. The second kappa shape index (κ2) is 4.86. The summed E-state index contributed by atoms with van der Waals surface area (Å²) in [4.78, 5) is 15.4. The number of hydrogen-bond acceptors (Lipinski definition) is 6. The highest BCUT2D eigenvalue weighted by Crippen LogP contribution is 2.27. The molecule has 0 atom stereocenters. The van der Waals surface area contributed by atoms with Gasteiger partial charge in [0.1, 0.15) is 16.1 Å². The Balaban J connectivity index is 2.20. The summed E-state index contributed by atoms with van der Waals surface area (Å²) < 4.78 is 5.03. The van der Waals surface area contributed by atoms with Crippen molar-refractivity contribution in [2.24, 2.45) is 0 Å². The number of carboxylic acid groups (broad SMARTS) is 1. The van der Waals surface area contributed by atoms with Crippen molar-refractivity contribution in [3.05, 3.63) is 35.3 Å². The topological polar surface area (TPSA) is 85.2 Å². The summed E-state index contributed by atoms with van der Waals surface area (Å²) in [7, 11) is 1.40. The van der Waals surface area contributed by atoms with E-state index in [-0.39, 0.29) is 11.4 Å². The Hall–Kier alpha value is -2.54. The molecule has 0 fully saturated rings. The molecule has 7 heteroatoms. The SMILES string of the molecule is COc1nc2cc(-c3nncs3)ccc2cc1C(=O)O. The van der Waals surface area contributed by atoms with Gasteiger partial charge >= 0.3 is 5.97 Å². The highest BCUT2D eigenvalue weighted by molar-refractivity contribution is 7.12. The molecule has 0 unspecified atom stereocenters. The molecule has 0 aliphatic carbocycles. The van der Waals surface area contributed by atoms with E-state index >= 15 is 0 Å². The maximum atomic E-state index is 11.1. The smallest absolute Gasteiger partial charge is 0.341 e. The largest absolute Gasteiger partial charge is 0.480 e. The van der Waals surface area contributed by atoms with Crippen LogP contribution in [0.1, 0.15) is 10.4 Å². The van der Waals surface area contributed by atoms with Gasteiger partial charge in [0, 0.05) is 10.9 Å². The van der Waals surface area contributed by atoms with Crippen molar-refractivity contribution in [3.8, 4) is 16.5 Å². The van der Waals surface area contributed by atoms with E-state index in [1.54, 1.807) is 11.6 Å². The van der Waals surface area contributed by atoms with E-state index in [1.807, 2.05) is 18.2 Å². The van der Waals surface area contributed by atoms with Gasteiger partial charge in [-0.3, -0.25) is 0 Å². The average molecular weight is 287 g/mol. The van der Waals surface area contributed by atoms with E-state index in [2.05, 4.69) is 15.2 Å². The third-order valence-corrected chi connectivity index (χ3v) is 3.55. The monoisotopic (exact) mass is 287 g/mol. The van der Waals surface area contributed by atoms with Crippen LogP contribution in [0.15, 0.2) is 29.8 Å². The second-order valence-electron chi connectivity index (χ2n) is 4.00. The molecule has 2 aromatic heterocycles. The normalized spacial score (nSPS) is 10.7. The minimum absolute atomic E-state index is 0.0451. The quantitative estimate of drug-likeness (QED) is 0.796. The number of hydrogen-bond donors (Lipinski definition) is 1. The van der Waals surface area contributed by atoms with Crippen LogP contribution in [0.5, 0.6) is 5.88 Å². The van der Waals surface area contributed by atoms with Crippen LogP contribution in [0.3, 0.4) is 0 Å². The van der Waals surface area contributed by atoms with Crippen LogP contribution in [-0.2, 0) is 0 Å². The maximum Gasteiger partial charge on any atom is 0.341 e. The summed E-state index contributed by atoms with van der Waals surface area (Å²) in [5, 5.41) is 18.4. The number of pyridine rings is 1. The number of aromatic carboxylic acids is 1. The first-order valence-electron chi connectivity index (χ1n) is 5.67. The molecule has 0 radical (unpaired) electrons. The zero-order valence-corrected chi connectivity index (χ0v) is 11.2. The zero-order valence-electron chi connectivity index (χ0n) is 10.4. The first-order valence-corrected chi connectivity index (χ1v) is 6.55. The first kappa shape index (κ1) is 12.5. The molecule has 0 aliphatic heterocycles. The molecule has 0 aliphatic rings. The van der Waals surface area contributed by atoms with E-state index in [1.165, 1.54) is 18.4 Å². The molecule has 0 amide bonds. The van der Waals surface area contributed by atoms with Crippen molar-refractivity contribution >= 4 is 28.2 Å². The summed E-state index contributed by atoms with van der Waals surface area (Å²) in [5.74, 6) is -0.969. The number of nitrogens with zero attached hydrogens (tertiary/aromatic N) is 3. The van der Waals surface area contributed by atoms with Crippen molar-refractivity contribution in [2.45, 2.75) is 0 Å². The van der Waals surface area contributed by atoms with E-state index in [0.29, 0.717) is 5.52 Å². The first-order chi connectivity index (χ1) is 9.69. The number of methoxy groups -OCH3 is 1. The number of aromatic nitrogens is 3. The molecule has 3 aromatic rings. The van der Waals surface area contributed by atoms with Gasteiger partial charge in [-0.2, -0.15) is 0 Å². The number of carbonyl (C=O) groups is 1. The minimum atomic E-state index is -1.07. The average Bonchev–Trinajstić information content (AvgIpc) is 2.99. The number of benzene rings is 1. The van der Waals surface area contributed by atoms with Gasteiger partial charge < -0.3 is 9.84 Å². The summed E-state index contributed by atoms with van der Waals surface area (Å²) in [6.45, 7) is 0. The van der Waals surface area contributed by atoms with Gasteiger partial charge in [0.05, 0.1) is 12.6 Å². The predicted octanol–water partition coefficient (Wildman–Crippen LogP) is 2.46. The van der Waals surface area contributed by atoms with Crippen molar-refractivity contribution in [1.82, 2.24) is 15.2 Å². The Labute approximate surface area is 117 Å². The molecule has 0 saturated heterocycles. The van der Waals surface area contributed by atoms with Crippen LogP contribution in [0, 0.1) is 0 Å². The van der Waals surface area contributed by atoms with Gasteiger partial charge in [-0.1, -0.05) is 23.5 Å². The number of ether oxygens (including phenoxy) is 1. The molecule has 1 N–H and O–H groups in total. The fraction of sp³-hybridized carbons (Fsp3) is 0.0769. The molecule has 1 aromatic carbocycles. The Morgan fingerprint density at radius 3 is 2.85 bits per heavy atom. The molecule has 6 nitrogen and oxygen atoms in total. The van der Waals surface area contributed by atoms with Crippen molar-refractivity contribution in [3.63, 3.8) is 0 Å². The van der Waals surface area contributed by atoms with Crippen LogP contribution < -0.4 is 4.74 Å². The maximum absolute atomic E-state index is 11.1. The number of rotatable bonds is 3. The lowest BCUT2D eigenvalue weighted by molar-refractivity contribution is 0.0692.